The normalized spacial score (nSPS) is 51.9. The summed E-state index contributed by atoms with van der Waals surface area (Å²) in [5, 5.41) is 256. The summed E-state index contributed by atoms with van der Waals surface area (Å²) in [5.74, 6) is -3.30. The molecule has 42 heteroatoms. The van der Waals surface area contributed by atoms with Gasteiger partial charge in [-0.3, -0.25) is 4.79 Å². The highest BCUT2D eigenvalue weighted by Gasteiger charge is 2.74. The van der Waals surface area contributed by atoms with Gasteiger partial charge in [0.2, 0.25) is 6.29 Å². The Balaban J connectivity index is 0.783. The number of rotatable bonds is 26. The second-order valence-electron chi connectivity index (χ2n) is 40.0. The minimum Gasteiger partial charge on any atom is -0.458 e. The Hall–Kier alpha value is -3.36. The van der Waals surface area contributed by atoms with Crippen LogP contribution in [-0.4, -0.2) is 420 Å². The molecule has 5 aliphatic carbocycles. The van der Waals surface area contributed by atoms with Crippen LogP contribution in [0.5, 0.6) is 0 Å². The van der Waals surface area contributed by atoms with E-state index in [1.807, 2.05) is 13.8 Å². The summed E-state index contributed by atoms with van der Waals surface area (Å²) in [5.41, 5.74) is -6.48. The van der Waals surface area contributed by atoms with Crippen LogP contribution in [0, 0.1) is 50.2 Å². The summed E-state index contributed by atoms with van der Waals surface area (Å²) in [6.07, 6.45) is -62.0. The monoisotopic (exact) mass is 1840 g/mol. The zero-order valence-corrected chi connectivity index (χ0v) is 74.0. The van der Waals surface area contributed by atoms with Crippen molar-refractivity contribution in [3.8, 4) is 0 Å². The SMILES string of the molecule is C=C[C@](C)(CC/C=C(\C)C(=O)O[C@H]1C[C@]2(C(=O)O[C@@H]3O[C@H](CO)[C@@H](O)[C@H](O)[C@H]3O[C@@H]3O[C@@H](C)[C@H](O[C@@H]4O[C@@H](CO)[C@H](O)[C@H]4O)[C@@H](O[C@@H]4O[C@H](CO)[C@@H](O)[C@H](O)[C@H]4O)[C@H]3O)[C@H](O)C[C@]3(C)C(=CC[C@@H]4[C@@]5(C)CC[C@H](O[C@@H]6O[C@H](CO[C@@H]7O[C@H](C)[C@H](O)[C@H](O)[C@H]7O[C@@H]7OC[C@@H](O)[C@H](O)[C@H]7O)[C@@H](O)[C@H](O)[C@H]6O)C(C)(C)C5CC[C@]43C)[C@@H]2CC1(C)C)O[C@@H]1O[C@H](C)[C@@H](O)[C@H](O)[C@H]1O. The first kappa shape index (κ1) is 102. The third-order valence-electron chi connectivity index (χ3n) is 31.4. The topological polar surface area (TPSA) is 656 Å². The molecule has 0 aromatic rings. The molecule has 0 aromatic carbocycles. The number of esters is 2. The Bertz CT molecular complexity index is 3820. The van der Waals surface area contributed by atoms with Crippen molar-refractivity contribution >= 4 is 11.9 Å². The Kier molecular flexibility index (Phi) is 31.3. The lowest BCUT2D eigenvalue weighted by Crippen LogP contribution is -2.70. The van der Waals surface area contributed by atoms with Crippen molar-refractivity contribution in [2.24, 2.45) is 50.2 Å². The van der Waals surface area contributed by atoms with Gasteiger partial charge in [0.05, 0.1) is 69.2 Å². The van der Waals surface area contributed by atoms with E-state index in [9.17, 15) is 122 Å². The summed E-state index contributed by atoms with van der Waals surface area (Å²) >= 11 is 0. The Labute approximate surface area is 740 Å². The molecule has 8 saturated heterocycles. The highest BCUT2D eigenvalue weighted by atomic mass is 16.8. The summed E-state index contributed by atoms with van der Waals surface area (Å²) in [6, 6.07) is 0. The van der Waals surface area contributed by atoms with Crippen molar-refractivity contribution < 1.29 is 208 Å². The molecule has 1 unspecified atom stereocenters. The van der Waals surface area contributed by atoms with Gasteiger partial charge in [0.25, 0.3) is 0 Å². The van der Waals surface area contributed by atoms with Crippen molar-refractivity contribution in [1.29, 1.82) is 0 Å². The van der Waals surface area contributed by atoms with Crippen molar-refractivity contribution in [3.63, 3.8) is 0 Å². The van der Waals surface area contributed by atoms with Crippen LogP contribution in [0.3, 0.4) is 0 Å². The van der Waals surface area contributed by atoms with Crippen LogP contribution in [0.4, 0.5) is 0 Å². The predicted octanol–water partition coefficient (Wildman–Crippen LogP) is -6.22. The van der Waals surface area contributed by atoms with Crippen LogP contribution < -0.4 is 0 Å². The lowest BCUT2D eigenvalue weighted by atomic mass is 9.33. The molecule has 8 heterocycles. The molecule has 49 atom stereocenters. The molecule has 13 aliphatic rings. The lowest BCUT2D eigenvalue weighted by Gasteiger charge is -2.72. The molecule has 0 amide bonds. The average molecular weight is 1840 g/mol. The van der Waals surface area contributed by atoms with Crippen molar-refractivity contribution in [2.45, 2.75) is 405 Å². The number of aliphatic hydroxyl groups excluding tert-OH is 23. The van der Waals surface area contributed by atoms with E-state index in [1.165, 1.54) is 33.8 Å². The standard InChI is InChI=1S/C86H138O42/c1-14-82(10,128-76-64(108)55(99)48(92)33(3)114-76)21-15-16-32(2)70(110)121-47-26-86(79(111)127-78-69(59(103)52(96)40(28-88)119-78)126-75-65(109)67(124-74-63(107)56(100)51(95)39(27-87)117-74)66(35(5)116-75)123-73-61(105)53(97)41(29-89)118-73)37(24-80(47,6)7)36-17-18-44-83(11)22-20-46(81(8,9)43(83)19-23-84(44,12)85(36,13)25-45(86)91)122-72-62(106)57(101)54(98)42(120-72)31-113-77-68(58(102)49(93)34(4)115-77)125-71-60(104)50(94)38(90)30-112-71/h14,16-17,33-35,37-69,71-78,87-109H,1,15,18-31H2,2-13H3/b32-16+/t33-,34-,35+,37+,38-,39-,40-,41+,42-,43?,44-,45-,46+,47+,48-,49+,50+,51-,52-,53+,54-,55+,56+,57+,58+,59+,60-,61-,62-,63-,64-,65-,66+,67+,68-,69-,71+,72+,73+,74+,75+,76+,77-,78+,82-,83+,84-,85-,86-/m1/s1. The highest BCUT2D eigenvalue weighted by molar-refractivity contribution is 5.88. The van der Waals surface area contributed by atoms with Crippen LogP contribution in [0.15, 0.2) is 36.0 Å². The molecular formula is C86H138O42. The van der Waals surface area contributed by atoms with Gasteiger partial charge in [0, 0.05) is 17.4 Å². The molecular weight excluding hydrogens is 1700 g/mol. The van der Waals surface area contributed by atoms with Crippen molar-refractivity contribution in [2.75, 3.05) is 33.0 Å². The van der Waals surface area contributed by atoms with Gasteiger partial charge in [-0.05, 0) is 132 Å². The van der Waals surface area contributed by atoms with E-state index in [4.69, 9.17) is 80.5 Å². The molecule has 13 rings (SSSR count). The molecule has 0 spiro atoms. The van der Waals surface area contributed by atoms with E-state index >= 15 is 4.79 Å². The average Bonchev–Trinajstić information content (AvgIpc) is 0.883. The third kappa shape index (κ3) is 18.6. The van der Waals surface area contributed by atoms with Crippen molar-refractivity contribution in [1.82, 2.24) is 0 Å². The number of ether oxygens (including phenoxy) is 17. The molecule has 0 aromatic heterocycles. The lowest BCUT2D eigenvalue weighted by molar-refractivity contribution is -0.390. The number of hydrogen-bond donors (Lipinski definition) is 23. The Morgan fingerprint density at radius 3 is 1.59 bits per heavy atom. The second-order valence-corrected chi connectivity index (χ2v) is 40.0. The van der Waals surface area contributed by atoms with Gasteiger partial charge in [-0.25, -0.2) is 4.79 Å². The van der Waals surface area contributed by atoms with Crippen LogP contribution in [0.1, 0.15) is 147 Å². The second kappa shape index (κ2) is 39.3. The molecule has 0 radical (unpaired) electrons. The number of aliphatic hydroxyl groups is 23. The first-order valence-electron chi connectivity index (χ1n) is 44.6. The Morgan fingerprint density at radius 1 is 0.484 bits per heavy atom. The van der Waals surface area contributed by atoms with Gasteiger partial charge >= 0.3 is 11.9 Å². The molecule has 8 aliphatic heterocycles. The fourth-order valence-electron chi connectivity index (χ4n) is 23.0. The van der Waals surface area contributed by atoms with Gasteiger partial charge in [-0.15, -0.1) is 6.58 Å². The summed E-state index contributed by atoms with van der Waals surface area (Å²) in [6.45, 7) is 21.9. The summed E-state index contributed by atoms with van der Waals surface area (Å²) in [4.78, 5) is 31.5. The number of carbonyl (C=O) groups excluding carboxylic acids is 2. The number of hydrogen-bond acceptors (Lipinski definition) is 42. The predicted molar refractivity (Wildman–Crippen MR) is 428 cm³/mol. The van der Waals surface area contributed by atoms with Gasteiger partial charge in [-0.1, -0.05) is 72.3 Å². The van der Waals surface area contributed by atoms with Crippen LogP contribution in [-0.2, 0) is 90.1 Å². The molecule has 734 valence electrons. The van der Waals surface area contributed by atoms with E-state index in [-0.39, 0.29) is 43.1 Å². The largest absolute Gasteiger partial charge is 0.458 e. The summed E-state index contributed by atoms with van der Waals surface area (Å²) < 4.78 is 104. The quantitative estimate of drug-likeness (QED) is 0.0166. The zero-order valence-electron chi connectivity index (χ0n) is 74.0. The molecule has 4 saturated carbocycles. The molecule has 128 heavy (non-hydrogen) atoms. The van der Waals surface area contributed by atoms with Gasteiger partial charge in [0.15, 0.2) is 50.1 Å². The van der Waals surface area contributed by atoms with E-state index in [2.05, 4.69) is 47.3 Å². The number of allylic oxidation sites excluding steroid dienone is 3. The van der Waals surface area contributed by atoms with Gasteiger partial charge in [0.1, 0.15) is 170 Å². The van der Waals surface area contributed by atoms with Crippen molar-refractivity contribution in [3.05, 3.63) is 36.0 Å². The van der Waals surface area contributed by atoms with Crippen LogP contribution in [0.2, 0.25) is 0 Å². The maximum atomic E-state index is 16.7. The van der Waals surface area contributed by atoms with Crippen LogP contribution >= 0.6 is 0 Å². The Morgan fingerprint density at radius 2 is 0.969 bits per heavy atom. The van der Waals surface area contributed by atoms with Crippen LogP contribution in [0.25, 0.3) is 0 Å². The first-order valence-corrected chi connectivity index (χ1v) is 44.6. The fraction of sp³-hybridized carbons (Fsp3) is 0.907. The molecule has 42 nitrogen and oxygen atoms in total. The fourth-order valence-corrected chi connectivity index (χ4v) is 23.0. The van der Waals surface area contributed by atoms with E-state index in [1.54, 1.807) is 13.0 Å². The highest BCUT2D eigenvalue weighted by Crippen LogP contribution is 2.76. The maximum absolute atomic E-state index is 16.7. The smallest absolute Gasteiger partial charge is 0.333 e. The first-order chi connectivity index (χ1) is 59.9. The molecule has 23 N–H and O–H groups in total. The molecule has 0 bridgehead atoms. The number of carbonyl (C=O) groups is 2. The summed E-state index contributed by atoms with van der Waals surface area (Å²) in [7, 11) is 0. The van der Waals surface area contributed by atoms with E-state index in [0.29, 0.717) is 32.1 Å². The minimum atomic E-state index is -2.25. The minimum absolute atomic E-state index is 0.0265. The van der Waals surface area contributed by atoms with Gasteiger partial charge < -0.3 is 198 Å². The third-order valence-corrected chi connectivity index (χ3v) is 31.4. The molecule has 12 fully saturated rings. The number of fused-ring (bicyclic) bond motifs is 7. The van der Waals surface area contributed by atoms with E-state index in [0.717, 1.165) is 5.57 Å². The van der Waals surface area contributed by atoms with Gasteiger partial charge in [-0.2, -0.15) is 0 Å². The van der Waals surface area contributed by atoms with E-state index < -0.39 is 347 Å². The zero-order chi connectivity index (χ0) is 94.0. The maximum Gasteiger partial charge on any atom is 0.333 e.